The van der Waals surface area contributed by atoms with Crippen LogP contribution in [-0.2, 0) is 23.8 Å². The molecule has 0 saturated carbocycles. The highest BCUT2D eigenvalue weighted by atomic mass is 16.6. The number of methoxy groups -OCH3 is 1. The molecule has 1 aliphatic heterocycles. The molecule has 0 amide bonds. The van der Waals surface area contributed by atoms with Crippen molar-refractivity contribution in [2.45, 2.75) is 32.8 Å². The number of ether oxygens (including phenoxy) is 4. The lowest BCUT2D eigenvalue weighted by Crippen LogP contribution is -2.43. The van der Waals surface area contributed by atoms with Gasteiger partial charge in [-0.05, 0) is 38.0 Å². The molecule has 1 fully saturated rings. The van der Waals surface area contributed by atoms with Gasteiger partial charge in [0.25, 0.3) is 0 Å². The minimum absolute atomic E-state index is 0.113. The molecule has 1 aromatic carbocycles. The molecule has 0 N–H and O–H groups in total. The molecule has 1 aromatic rings. The predicted molar refractivity (Wildman–Crippen MR) is 96.7 cm³/mol. The van der Waals surface area contributed by atoms with E-state index in [1.807, 2.05) is 30.3 Å². The Morgan fingerprint density at radius 1 is 1.15 bits per heavy atom. The highest BCUT2D eigenvalue weighted by molar-refractivity contribution is 6.00. The van der Waals surface area contributed by atoms with Gasteiger partial charge in [-0.2, -0.15) is 0 Å². The number of rotatable bonds is 10. The fourth-order valence-electron chi connectivity index (χ4n) is 2.72. The largest absolute Gasteiger partial charge is 0.497 e. The number of carbonyl (C=O) groups is 2. The lowest BCUT2D eigenvalue weighted by Gasteiger charge is -2.27. The van der Waals surface area contributed by atoms with Gasteiger partial charge >= 0.3 is 11.9 Å². The lowest BCUT2D eigenvalue weighted by atomic mass is 9.79. The smallest absolute Gasteiger partial charge is 0.323 e. The highest BCUT2D eigenvalue weighted by Crippen LogP contribution is 2.37. The Bertz CT molecular complexity index is 612. The summed E-state index contributed by atoms with van der Waals surface area (Å²) >= 11 is 0. The van der Waals surface area contributed by atoms with Gasteiger partial charge in [0.1, 0.15) is 5.75 Å². The van der Waals surface area contributed by atoms with E-state index >= 15 is 0 Å². The van der Waals surface area contributed by atoms with Crippen molar-refractivity contribution in [2.75, 3.05) is 26.9 Å². The van der Waals surface area contributed by atoms with Gasteiger partial charge in [0.15, 0.2) is 5.41 Å². The second-order valence-corrected chi connectivity index (χ2v) is 6.06. The fourth-order valence-corrected chi connectivity index (χ4v) is 2.72. The van der Waals surface area contributed by atoms with Crippen LogP contribution in [0.25, 0.3) is 6.08 Å². The number of benzene rings is 1. The van der Waals surface area contributed by atoms with E-state index in [2.05, 4.69) is 0 Å². The molecule has 0 spiro atoms. The van der Waals surface area contributed by atoms with Crippen molar-refractivity contribution in [3.05, 3.63) is 35.9 Å². The van der Waals surface area contributed by atoms with Crippen LogP contribution in [-0.4, -0.2) is 45.0 Å². The summed E-state index contributed by atoms with van der Waals surface area (Å²) in [6.45, 7) is 4.38. The SMILES string of the molecule is CCOC(=O)C(C/C=C/c1ccc(OC)cc1)(CC1CO1)C(=O)OCC. The van der Waals surface area contributed by atoms with Crippen LogP contribution in [0.2, 0.25) is 0 Å². The molecule has 2 rings (SSSR count). The van der Waals surface area contributed by atoms with Crippen LogP contribution >= 0.6 is 0 Å². The summed E-state index contributed by atoms with van der Waals surface area (Å²) in [6.07, 6.45) is 4.00. The van der Waals surface area contributed by atoms with Crippen LogP contribution in [0.3, 0.4) is 0 Å². The molecule has 0 aliphatic carbocycles. The Balaban J connectivity index is 2.20. The van der Waals surface area contributed by atoms with Crippen LogP contribution in [0.5, 0.6) is 5.75 Å². The molecule has 0 bridgehead atoms. The Kier molecular flexibility index (Phi) is 7.21. The third-order valence-electron chi connectivity index (χ3n) is 4.20. The van der Waals surface area contributed by atoms with E-state index in [4.69, 9.17) is 18.9 Å². The second-order valence-electron chi connectivity index (χ2n) is 6.06. The maximum absolute atomic E-state index is 12.6. The third kappa shape index (κ3) is 5.08. The molecule has 6 heteroatoms. The molecule has 0 radical (unpaired) electrons. The van der Waals surface area contributed by atoms with Crippen molar-refractivity contribution >= 4 is 18.0 Å². The molecule has 1 atom stereocenters. The van der Waals surface area contributed by atoms with Crippen molar-refractivity contribution < 1.29 is 28.5 Å². The number of hydrogen-bond donors (Lipinski definition) is 0. The van der Waals surface area contributed by atoms with Gasteiger partial charge in [0, 0.05) is 6.42 Å². The summed E-state index contributed by atoms with van der Waals surface area (Å²) in [5, 5.41) is 0. The summed E-state index contributed by atoms with van der Waals surface area (Å²) in [4.78, 5) is 25.3. The van der Waals surface area contributed by atoms with Crippen molar-refractivity contribution in [2.24, 2.45) is 5.41 Å². The number of hydrogen-bond acceptors (Lipinski definition) is 6. The minimum Gasteiger partial charge on any atom is -0.497 e. The number of allylic oxidation sites excluding steroid dienone is 1. The Hall–Kier alpha value is -2.34. The Morgan fingerprint density at radius 3 is 2.19 bits per heavy atom. The van der Waals surface area contributed by atoms with Gasteiger partial charge in [0.05, 0.1) is 33.0 Å². The second kappa shape index (κ2) is 9.38. The highest BCUT2D eigenvalue weighted by Gasteiger charge is 2.51. The molecule has 142 valence electrons. The van der Waals surface area contributed by atoms with E-state index in [-0.39, 0.29) is 32.2 Å². The zero-order chi connectivity index (χ0) is 19.0. The van der Waals surface area contributed by atoms with Crippen molar-refractivity contribution in [1.82, 2.24) is 0 Å². The van der Waals surface area contributed by atoms with E-state index in [1.165, 1.54) is 0 Å². The molecular weight excluding hydrogens is 336 g/mol. The normalized spacial score (nSPS) is 16.3. The van der Waals surface area contributed by atoms with E-state index in [0.29, 0.717) is 6.61 Å². The molecule has 0 aromatic heterocycles. The molecule has 26 heavy (non-hydrogen) atoms. The van der Waals surface area contributed by atoms with Gasteiger partial charge in [-0.15, -0.1) is 0 Å². The fraction of sp³-hybridized carbons (Fsp3) is 0.500. The van der Waals surface area contributed by atoms with Crippen LogP contribution < -0.4 is 4.74 Å². The average Bonchev–Trinajstić information content (AvgIpc) is 3.45. The molecule has 1 unspecified atom stereocenters. The quantitative estimate of drug-likeness (QED) is 0.362. The van der Waals surface area contributed by atoms with Gasteiger partial charge in [-0.3, -0.25) is 9.59 Å². The van der Waals surface area contributed by atoms with Crippen LogP contribution in [0.1, 0.15) is 32.3 Å². The summed E-state index contributed by atoms with van der Waals surface area (Å²) in [7, 11) is 1.61. The summed E-state index contributed by atoms with van der Waals surface area (Å²) < 4.78 is 20.8. The first-order valence-electron chi connectivity index (χ1n) is 8.82. The monoisotopic (exact) mass is 362 g/mol. The van der Waals surface area contributed by atoms with Crippen molar-refractivity contribution in [1.29, 1.82) is 0 Å². The maximum atomic E-state index is 12.6. The van der Waals surface area contributed by atoms with Gasteiger partial charge < -0.3 is 18.9 Å². The molecule has 6 nitrogen and oxygen atoms in total. The van der Waals surface area contributed by atoms with Gasteiger partial charge in [-0.25, -0.2) is 0 Å². The first-order valence-corrected chi connectivity index (χ1v) is 8.82. The number of esters is 2. The zero-order valence-corrected chi connectivity index (χ0v) is 15.5. The number of epoxide rings is 1. The molecular formula is C20H26O6. The first kappa shape index (κ1) is 20.0. The van der Waals surface area contributed by atoms with E-state index in [9.17, 15) is 9.59 Å². The zero-order valence-electron chi connectivity index (χ0n) is 15.5. The van der Waals surface area contributed by atoms with Crippen LogP contribution in [0, 0.1) is 5.41 Å². The van der Waals surface area contributed by atoms with E-state index in [0.717, 1.165) is 11.3 Å². The standard InChI is InChI=1S/C20H26O6/c1-4-24-18(21)20(13-17-14-26-17,19(22)25-5-2)12-6-7-15-8-10-16(23-3)11-9-15/h6-11,17H,4-5,12-14H2,1-3H3/b7-6+. The molecule has 1 saturated heterocycles. The third-order valence-corrected chi connectivity index (χ3v) is 4.20. The predicted octanol–water partition coefficient (Wildman–Crippen LogP) is 3.00. The first-order chi connectivity index (χ1) is 12.6. The van der Waals surface area contributed by atoms with Crippen LogP contribution in [0.4, 0.5) is 0 Å². The molecule has 1 heterocycles. The van der Waals surface area contributed by atoms with Crippen molar-refractivity contribution in [3.8, 4) is 5.75 Å². The summed E-state index contributed by atoms with van der Waals surface area (Å²) in [5.41, 5.74) is -0.439. The summed E-state index contributed by atoms with van der Waals surface area (Å²) in [6, 6.07) is 7.49. The summed E-state index contributed by atoms with van der Waals surface area (Å²) in [5.74, 6) is -0.359. The van der Waals surface area contributed by atoms with E-state index < -0.39 is 17.4 Å². The lowest BCUT2D eigenvalue weighted by molar-refractivity contribution is -0.172. The number of carbonyl (C=O) groups excluding carboxylic acids is 2. The minimum atomic E-state index is -1.38. The average molecular weight is 362 g/mol. The van der Waals surface area contributed by atoms with Gasteiger partial charge in [0.2, 0.25) is 0 Å². The van der Waals surface area contributed by atoms with Crippen LogP contribution in [0.15, 0.2) is 30.3 Å². The van der Waals surface area contributed by atoms with Crippen molar-refractivity contribution in [3.63, 3.8) is 0 Å². The maximum Gasteiger partial charge on any atom is 0.323 e. The van der Waals surface area contributed by atoms with E-state index in [1.54, 1.807) is 27.0 Å². The Labute approximate surface area is 154 Å². The van der Waals surface area contributed by atoms with Gasteiger partial charge in [-0.1, -0.05) is 24.3 Å². The Morgan fingerprint density at radius 2 is 1.73 bits per heavy atom. The topological polar surface area (TPSA) is 74.4 Å². The molecule has 1 aliphatic rings.